The van der Waals surface area contributed by atoms with Gasteiger partial charge in [-0.2, -0.15) is 0 Å². The highest BCUT2D eigenvalue weighted by molar-refractivity contribution is 5.65. The molecule has 0 amide bonds. The summed E-state index contributed by atoms with van der Waals surface area (Å²) in [5.41, 5.74) is 1.32. The maximum Gasteiger partial charge on any atom is 0.302 e. The molecule has 3 nitrogen and oxygen atoms in total. The summed E-state index contributed by atoms with van der Waals surface area (Å²) in [6.45, 7) is 5.12. The van der Waals surface area contributed by atoms with Crippen LogP contribution in [0.5, 0.6) is 0 Å². The van der Waals surface area contributed by atoms with Gasteiger partial charge < -0.3 is 4.74 Å². The van der Waals surface area contributed by atoms with Crippen molar-refractivity contribution in [3.05, 3.63) is 35.9 Å². The van der Waals surface area contributed by atoms with Crippen LogP contribution in [0.15, 0.2) is 30.3 Å². The van der Waals surface area contributed by atoms with Gasteiger partial charge in [-0.25, -0.2) is 0 Å². The number of carbonyl (C=O) groups is 1. The Bertz CT molecular complexity index is 377. The first kappa shape index (κ1) is 12.1. The third-order valence-corrected chi connectivity index (χ3v) is 3.29. The van der Waals surface area contributed by atoms with E-state index in [-0.39, 0.29) is 5.97 Å². The lowest BCUT2D eigenvalue weighted by Gasteiger charge is -2.04. The Morgan fingerprint density at radius 1 is 1.29 bits per heavy atom. The van der Waals surface area contributed by atoms with E-state index in [0.717, 1.165) is 13.0 Å². The minimum atomic E-state index is -0.189. The lowest BCUT2D eigenvalue weighted by molar-refractivity contribution is -0.141. The molecule has 1 aromatic rings. The molecule has 1 unspecified atom stereocenters. The van der Waals surface area contributed by atoms with E-state index in [9.17, 15) is 4.79 Å². The molecule has 92 valence electrons. The molecule has 0 aliphatic carbocycles. The van der Waals surface area contributed by atoms with Gasteiger partial charge in [0.2, 0.25) is 0 Å². The molecule has 1 aliphatic heterocycles. The summed E-state index contributed by atoms with van der Waals surface area (Å²) in [4.78, 5) is 13.2. The van der Waals surface area contributed by atoms with Gasteiger partial charge in [-0.1, -0.05) is 37.3 Å². The van der Waals surface area contributed by atoms with Crippen LogP contribution in [0.3, 0.4) is 0 Å². The summed E-state index contributed by atoms with van der Waals surface area (Å²) in [5, 5.41) is 0. The molecule has 2 rings (SSSR count). The van der Waals surface area contributed by atoms with Gasteiger partial charge in [0.05, 0.1) is 6.04 Å². The van der Waals surface area contributed by atoms with E-state index in [2.05, 4.69) is 36.1 Å². The van der Waals surface area contributed by atoms with Crippen LogP contribution in [0, 0.1) is 0 Å². The van der Waals surface area contributed by atoms with Crippen LogP contribution >= 0.6 is 0 Å². The highest BCUT2D eigenvalue weighted by Crippen LogP contribution is 2.33. The highest BCUT2D eigenvalue weighted by atomic mass is 16.5. The molecule has 0 radical (unpaired) electrons. The Hall–Kier alpha value is -1.35. The number of hydrogen-bond acceptors (Lipinski definition) is 3. The average Bonchev–Trinajstić information content (AvgIpc) is 3.00. The van der Waals surface area contributed by atoms with Crippen molar-refractivity contribution in [3.63, 3.8) is 0 Å². The minimum Gasteiger partial charge on any atom is -0.464 e. The zero-order valence-electron chi connectivity index (χ0n) is 10.4. The second-order valence-electron chi connectivity index (χ2n) is 4.50. The SMILES string of the molecule is CC[C@H]1[C@@H](COC(C)=O)N1Cc1ccccc1. The Morgan fingerprint density at radius 2 is 2.00 bits per heavy atom. The Balaban J connectivity index is 1.87. The minimum absolute atomic E-state index is 0.189. The van der Waals surface area contributed by atoms with Gasteiger partial charge in [0.25, 0.3) is 0 Å². The normalized spacial score (nSPS) is 26.6. The van der Waals surface area contributed by atoms with Gasteiger partial charge in [-0.05, 0) is 12.0 Å². The standard InChI is InChI=1S/C14H19NO2/c1-3-13-14(10-17-11(2)16)15(13)9-12-7-5-4-6-8-12/h4-8,13-14H,3,9-10H2,1-2H3/t13-,14+,15?/m0/s1. The van der Waals surface area contributed by atoms with Crippen molar-refractivity contribution in [1.29, 1.82) is 0 Å². The molecular formula is C14H19NO2. The lowest BCUT2D eigenvalue weighted by atomic mass is 10.2. The van der Waals surface area contributed by atoms with Crippen LogP contribution in [0.4, 0.5) is 0 Å². The number of rotatable bonds is 5. The molecule has 0 bridgehead atoms. The Labute approximate surface area is 102 Å². The fourth-order valence-electron chi connectivity index (χ4n) is 2.34. The Morgan fingerprint density at radius 3 is 2.59 bits per heavy atom. The summed E-state index contributed by atoms with van der Waals surface area (Å²) >= 11 is 0. The van der Waals surface area contributed by atoms with E-state index in [1.165, 1.54) is 12.5 Å². The number of carbonyl (C=O) groups excluding carboxylic acids is 1. The zero-order chi connectivity index (χ0) is 12.3. The van der Waals surface area contributed by atoms with Crippen molar-refractivity contribution >= 4 is 5.97 Å². The summed E-state index contributed by atoms with van der Waals surface area (Å²) in [7, 11) is 0. The van der Waals surface area contributed by atoms with E-state index in [4.69, 9.17) is 4.74 Å². The van der Waals surface area contributed by atoms with Crippen molar-refractivity contribution in [3.8, 4) is 0 Å². The summed E-state index contributed by atoms with van der Waals surface area (Å²) in [5.74, 6) is -0.189. The first-order valence-electron chi connectivity index (χ1n) is 6.15. The van der Waals surface area contributed by atoms with Crippen LogP contribution in [-0.2, 0) is 16.1 Å². The quantitative estimate of drug-likeness (QED) is 0.577. The molecule has 0 aromatic heterocycles. The highest BCUT2D eigenvalue weighted by Gasteiger charge is 2.46. The number of nitrogens with zero attached hydrogens (tertiary/aromatic N) is 1. The van der Waals surface area contributed by atoms with Crippen molar-refractivity contribution in [2.45, 2.75) is 38.9 Å². The van der Waals surface area contributed by atoms with E-state index in [1.807, 2.05) is 6.07 Å². The van der Waals surface area contributed by atoms with Gasteiger partial charge >= 0.3 is 5.97 Å². The predicted molar refractivity (Wildman–Crippen MR) is 66.5 cm³/mol. The number of benzene rings is 1. The van der Waals surface area contributed by atoms with Crippen LogP contribution in [0.2, 0.25) is 0 Å². The molecule has 3 atom stereocenters. The maximum atomic E-state index is 10.8. The number of hydrogen-bond donors (Lipinski definition) is 0. The molecule has 0 spiro atoms. The van der Waals surface area contributed by atoms with E-state index >= 15 is 0 Å². The molecule has 1 aliphatic rings. The third-order valence-electron chi connectivity index (χ3n) is 3.29. The monoisotopic (exact) mass is 233 g/mol. The zero-order valence-corrected chi connectivity index (χ0v) is 10.4. The Kier molecular flexibility index (Phi) is 3.79. The third kappa shape index (κ3) is 3.07. The lowest BCUT2D eigenvalue weighted by Crippen LogP contribution is -2.11. The van der Waals surface area contributed by atoms with Crippen molar-refractivity contribution < 1.29 is 9.53 Å². The summed E-state index contributed by atoms with van der Waals surface area (Å²) in [6.07, 6.45) is 1.11. The van der Waals surface area contributed by atoms with Crippen LogP contribution in [-0.4, -0.2) is 29.6 Å². The maximum absolute atomic E-state index is 10.8. The average molecular weight is 233 g/mol. The van der Waals surface area contributed by atoms with Gasteiger partial charge in [-0.15, -0.1) is 0 Å². The molecular weight excluding hydrogens is 214 g/mol. The fourth-order valence-corrected chi connectivity index (χ4v) is 2.34. The fraction of sp³-hybridized carbons (Fsp3) is 0.500. The van der Waals surface area contributed by atoms with Crippen molar-refractivity contribution in [2.24, 2.45) is 0 Å². The molecule has 0 N–H and O–H groups in total. The molecule has 17 heavy (non-hydrogen) atoms. The second kappa shape index (κ2) is 5.32. The topological polar surface area (TPSA) is 29.3 Å². The molecule has 1 fully saturated rings. The number of esters is 1. The summed E-state index contributed by atoms with van der Waals surface area (Å²) < 4.78 is 5.09. The van der Waals surface area contributed by atoms with E-state index in [0.29, 0.717) is 18.7 Å². The van der Waals surface area contributed by atoms with Gasteiger partial charge in [-0.3, -0.25) is 9.69 Å². The number of ether oxygens (including phenoxy) is 1. The smallest absolute Gasteiger partial charge is 0.302 e. The van der Waals surface area contributed by atoms with Crippen LogP contribution in [0.1, 0.15) is 25.8 Å². The molecule has 3 heteroatoms. The first-order valence-corrected chi connectivity index (χ1v) is 6.15. The molecule has 1 heterocycles. The largest absolute Gasteiger partial charge is 0.464 e. The molecule has 0 saturated carbocycles. The summed E-state index contributed by atoms with van der Waals surface area (Å²) in [6, 6.07) is 11.4. The molecule has 1 saturated heterocycles. The van der Waals surface area contributed by atoms with E-state index < -0.39 is 0 Å². The van der Waals surface area contributed by atoms with Crippen LogP contribution < -0.4 is 0 Å². The predicted octanol–water partition coefficient (Wildman–Crippen LogP) is 2.21. The van der Waals surface area contributed by atoms with E-state index in [1.54, 1.807) is 0 Å². The van der Waals surface area contributed by atoms with Crippen molar-refractivity contribution in [1.82, 2.24) is 4.90 Å². The van der Waals surface area contributed by atoms with Gasteiger partial charge in [0.15, 0.2) is 0 Å². The van der Waals surface area contributed by atoms with Crippen LogP contribution in [0.25, 0.3) is 0 Å². The van der Waals surface area contributed by atoms with Gasteiger partial charge in [0.1, 0.15) is 6.61 Å². The first-order chi connectivity index (χ1) is 8.22. The van der Waals surface area contributed by atoms with Crippen molar-refractivity contribution in [2.75, 3.05) is 6.61 Å². The molecule has 1 aromatic carbocycles. The van der Waals surface area contributed by atoms with Gasteiger partial charge in [0, 0.05) is 19.5 Å². The second-order valence-corrected chi connectivity index (χ2v) is 4.50.